The first-order chi connectivity index (χ1) is 8.65. The number of amides is 1. The summed E-state index contributed by atoms with van der Waals surface area (Å²) < 4.78 is 0. The molecule has 1 amide bonds. The average Bonchev–Trinajstić information content (AvgIpc) is 2.80. The zero-order valence-corrected chi connectivity index (χ0v) is 10.5. The number of anilines is 2. The molecule has 0 fully saturated rings. The number of thiazole rings is 1. The molecular weight excluding hydrogens is 248 g/mol. The molecule has 0 aliphatic heterocycles. The number of aromatic nitrogens is 1. The van der Waals surface area contributed by atoms with Crippen LogP contribution in [-0.4, -0.2) is 17.4 Å². The van der Waals surface area contributed by atoms with Crippen molar-refractivity contribution in [1.29, 1.82) is 0 Å². The van der Waals surface area contributed by atoms with Gasteiger partial charge < -0.3 is 16.8 Å². The van der Waals surface area contributed by atoms with Crippen molar-refractivity contribution in [3.63, 3.8) is 0 Å². The van der Waals surface area contributed by atoms with Gasteiger partial charge in [0.1, 0.15) is 0 Å². The number of nitrogens with one attached hydrogen (secondary N) is 1. The van der Waals surface area contributed by atoms with E-state index in [1.807, 2.05) is 5.38 Å². The van der Waals surface area contributed by atoms with Gasteiger partial charge in [-0.25, -0.2) is 4.98 Å². The van der Waals surface area contributed by atoms with Crippen molar-refractivity contribution in [2.24, 2.45) is 0 Å². The van der Waals surface area contributed by atoms with Crippen LogP contribution in [0.3, 0.4) is 0 Å². The standard InChI is InChI=1S/C12H14N4OS/c13-9-5-8(6-10(14)7-9)12(17)16-2-1-11-15-3-4-18-11/h3-7H,1-2,13-14H2,(H,16,17). The second-order valence-corrected chi connectivity index (χ2v) is 4.80. The molecule has 1 heterocycles. The molecule has 0 unspecified atom stereocenters. The van der Waals surface area contributed by atoms with Crippen molar-refractivity contribution >= 4 is 28.6 Å². The van der Waals surface area contributed by atoms with Gasteiger partial charge in [-0.15, -0.1) is 11.3 Å². The van der Waals surface area contributed by atoms with Crippen molar-refractivity contribution in [1.82, 2.24) is 10.3 Å². The quantitative estimate of drug-likeness (QED) is 0.723. The molecule has 1 aromatic carbocycles. The minimum Gasteiger partial charge on any atom is -0.399 e. The highest BCUT2D eigenvalue weighted by atomic mass is 32.1. The highest BCUT2D eigenvalue weighted by molar-refractivity contribution is 7.09. The number of benzene rings is 1. The van der Waals surface area contributed by atoms with E-state index >= 15 is 0 Å². The zero-order valence-electron chi connectivity index (χ0n) is 9.72. The third-order valence-electron chi connectivity index (χ3n) is 2.35. The molecule has 5 N–H and O–H groups in total. The molecule has 0 atom stereocenters. The first kappa shape index (κ1) is 12.4. The molecule has 1 aromatic heterocycles. The minimum absolute atomic E-state index is 0.175. The van der Waals surface area contributed by atoms with Gasteiger partial charge in [0.2, 0.25) is 0 Å². The summed E-state index contributed by atoms with van der Waals surface area (Å²) >= 11 is 1.57. The second-order valence-electron chi connectivity index (χ2n) is 3.82. The smallest absolute Gasteiger partial charge is 0.251 e. The molecule has 2 rings (SSSR count). The Hall–Kier alpha value is -2.08. The molecule has 0 bridgehead atoms. The summed E-state index contributed by atoms with van der Waals surface area (Å²) in [6, 6.07) is 4.83. The van der Waals surface area contributed by atoms with E-state index in [-0.39, 0.29) is 5.91 Å². The van der Waals surface area contributed by atoms with Crippen LogP contribution in [0.2, 0.25) is 0 Å². The van der Waals surface area contributed by atoms with Crippen molar-refractivity contribution in [3.8, 4) is 0 Å². The van der Waals surface area contributed by atoms with Crippen molar-refractivity contribution in [2.45, 2.75) is 6.42 Å². The molecule has 0 spiro atoms. The Morgan fingerprint density at radius 3 is 2.61 bits per heavy atom. The van der Waals surface area contributed by atoms with Crippen LogP contribution in [0.25, 0.3) is 0 Å². The van der Waals surface area contributed by atoms with Crippen LogP contribution in [0.5, 0.6) is 0 Å². The SMILES string of the molecule is Nc1cc(N)cc(C(=O)NCCc2nccs2)c1. The Labute approximate surface area is 109 Å². The third-order valence-corrected chi connectivity index (χ3v) is 3.19. The molecule has 18 heavy (non-hydrogen) atoms. The Kier molecular flexibility index (Phi) is 3.78. The molecule has 0 aliphatic carbocycles. The van der Waals surface area contributed by atoms with Crippen LogP contribution >= 0.6 is 11.3 Å². The lowest BCUT2D eigenvalue weighted by atomic mass is 10.1. The Balaban J connectivity index is 1.91. The number of carbonyl (C=O) groups excluding carboxylic acids is 1. The molecule has 0 radical (unpaired) electrons. The number of nitrogens with zero attached hydrogens (tertiary/aromatic N) is 1. The van der Waals surface area contributed by atoms with Gasteiger partial charge in [0.25, 0.3) is 5.91 Å². The number of nitrogens with two attached hydrogens (primary N) is 2. The number of rotatable bonds is 4. The fraction of sp³-hybridized carbons (Fsp3) is 0.167. The van der Waals surface area contributed by atoms with Gasteiger partial charge in [0.05, 0.1) is 5.01 Å². The monoisotopic (exact) mass is 262 g/mol. The largest absolute Gasteiger partial charge is 0.399 e. The summed E-state index contributed by atoms with van der Waals surface area (Å²) in [7, 11) is 0. The summed E-state index contributed by atoms with van der Waals surface area (Å²) in [6.45, 7) is 0.543. The van der Waals surface area contributed by atoms with E-state index in [0.717, 1.165) is 11.4 Å². The molecular formula is C12H14N4OS. The lowest BCUT2D eigenvalue weighted by Crippen LogP contribution is -2.25. The maximum Gasteiger partial charge on any atom is 0.251 e. The molecule has 94 valence electrons. The predicted molar refractivity (Wildman–Crippen MR) is 73.4 cm³/mol. The Morgan fingerprint density at radius 1 is 1.28 bits per heavy atom. The fourth-order valence-corrected chi connectivity index (χ4v) is 2.19. The lowest BCUT2D eigenvalue weighted by molar-refractivity contribution is 0.0954. The number of hydrogen-bond acceptors (Lipinski definition) is 5. The van der Waals surface area contributed by atoms with E-state index in [0.29, 0.717) is 23.5 Å². The first-order valence-corrected chi connectivity index (χ1v) is 6.36. The van der Waals surface area contributed by atoms with E-state index in [9.17, 15) is 4.79 Å². The average molecular weight is 262 g/mol. The van der Waals surface area contributed by atoms with E-state index in [2.05, 4.69) is 10.3 Å². The van der Waals surface area contributed by atoms with E-state index in [1.54, 1.807) is 35.7 Å². The fourth-order valence-electron chi connectivity index (χ4n) is 1.57. The normalized spacial score (nSPS) is 10.2. The van der Waals surface area contributed by atoms with Crippen molar-refractivity contribution in [3.05, 3.63) is 40.3 Å². The zero-order chi connectivity index (χ0) is 13.0. The van der Waals surface area contributed by atoms with Crippen molar-refractivity contribution < 1.29 is 4.79 Å². The molecule has 0 aliphatic rings. The summed E-state index contributed by atoms with van der Waals surface area (Å²) in [4.78, 5) is 16.0. The predicted octanol–water partition coefficient (Wildman–Crippen LogP) is 1.28. The molecule has 2 aromatic rings. The Morgan fingerprint density at radius 2 is 2.00 bits per heavy atom. The molecule has 0 saturated heterocycles. The van der Waals surface area contributed by atoms with E-state index < -0.39 is 0 Å². The van der Waals surface area contributed by atoms with Crippen LogP contribution in [0.4, 0.5) is 11.4 Å². The number of nitrogen functional groups attached to an aromatic ring is 2. The summed E-state index contributed by atoms with van der Waals surface area (Å²) in [6.07, 6.45) is 2.47. The van der Waals surface area contributed by atoms with Crippen molar-refractivity contribution in [2.75, 3.05) is 18.0 Å². The van der Waals surface area contributed by atoms with Crippen LogP contribution in [0.15, 0.2) is 29.8 Å². The topological polar surface area (TPSA) is 94.0 Å². The van der Waals surface area contributed by atoms with Gasteiger partial charge in [-0.05, 0) is 18.2 Å². The van der Waals surface area contributed by atoms with Crippen LogP contribution in [-0.2, 0) is 6.42 Å². The van der Waals surface area contributed by atoms with E-state index in [1.165, 1.54) is 0 Å². The van der Waals surface area contributed by atoms with Gasteiger partial charge >= 0.3 is 0 Å². The third kappa shape index (κ3) is 3.21. The first-order valence-electron chi connectivity index (χ1n) is 5.48. The summed E-state index contributed by atoms with van der Waals surface area (Å²) in [5.41, 5.74) is 12.7. The second kappa shape index (κ2) is 5.50. The summed E-state index contributed by atoms with van der Waals surface area (Å²) in [5.74, 6) is -0.175. The number of hydrogen-bond donors (Lipinski definition) is 3. The lowest BCUT2D eigenvalue weighted by Gasteiger charge is -2.06. The van der Waals surface area contributed by atoms with Crippen LogP contribution in [0.1, 0.15) is 15.4 Å². The van der Waals surface area contributed by atoms with E-state index in [4.69, 9.17) is 11.5 Å². The highest BCUT2D eigenvalue weighted by Gasteiger charge is 2.06. The van der Waals surface area contributed by atoms with Gasteiger partial charge in [-0.1, -0.05) is 0 Å². The maximum absolute atomic E-state index is 11.8. The molecule has 6 heteroatoms. The highest BCUT2D eigenvalue weighted by Crippen LogP contribution is 2.13. The number of carbonyl (C=O) groups is 1. The Bertz CT molecular complexity index is 519. The molecule has 5 nitrogen and oxygen atoms in total. The summed E-state index contributed by atoms with van der Waals surface area (Å²) in [5, 5.41) is 5.72. The molecule has 0 saturated carbocycles. The maximum atomic E-state index is 11.8. The van der Waals surface area contributed by atoms with Gasteiger partial charge in [0.15, 0.2) is 0 Å². The van der Waals surface area contributed by atoms with Crippen LogP contribution < -0.4 is 16.8 Å². The van der Waals surface area contributed by atoms with Gasteiger partial charge in [0, 0.05) is 41.5 Å². The van der Waals surface area contributed by atoms with Crippen LogP contribution in [0, 0.1) is 0 Å². The van der Waals surface area contributed by atoms with Gasteiger partial charge in [-0.2, -0.15) is 0 Å². The van der Waals surface area contributed by atoms with Gasteiger partial charge in [-0.3, -0.25) is 4.79 Å². The minimum atomic E-state index is -0.175.